The maximum Gasteiger partial charge on any atom is 0.317 e. The van der Waals surface area contributed by atoms with E-state index in [4.69, 9.17) is 20.4 Å². The predicted octanol–water partition coefficient (Wildman–Crippen LogP) is 2.02. The Kier molecular flexibility index (Phi) is 13.1. The van der Waals surface area contributed by atoms with Crippen molar-refractivity contribution < 1.29 is 44.5 Å². The van der Waals surface area contributed by atoms with Crippen LogP contribution in [0.15, 0.2) is 90.0 Å². The summed E-state index contributed by atoms with van der Waals surface area (Å²) < 4.78 is 0. The second kappa shape index (κ2) is 17.4. The molecular formula is C30H33N7O10. The second-order valence-corrected chi connectivity index (χ2v) is 9.99. The van der Waals surface area contributed by atoms with Crippen LogP contribution < -0.4 is 15.7 Å². The zero-order valence-electron chi connectivity index (χ0n) is 25.0. The van der Waals surface area contributed by atoms with E-state index in [9.17, 15) is 29.3 Å². The molecule has 1 aliphatic rings. The van der Waals surface area contributed by atoms with E-state index in [1.807, 2.05) is 60.7 Å². The molecule has 248 valence electrons. The van der Waals surface area contributed by atoms with Crippen molar-refractivity contribution >= 4 is 46.8 Å². The van der Waals surface area contributed by atoms with Crippen LogP contribution in [0, 0.1) is 10.1 Å². The fourth-order valence-electron chi connectivity index (χ4n) is 4.36. The van der Waals surface area contributed by atoms with Crippen LogP contribution >= 0.6 is 0 Å². The average Bonchev–Trinajstić information content (AvgIpc) is 3.47. The van der Waals surface area contributed by atoms with Gasteiger partial charge in [0.1, 0.15) is 0 Å². The van der Waals surface area contributed by atoms with Gasteiger partial charge in [0.15, 0.2) is 5.84 Å². The van der Waals surface area contributed by atoms with Crippen molar-refractivity contribution in [2.24, 2.45) is 5.10 Å². The van der Waals surface area contributed by atoms with Gasteiger partial charge in [-0.1, -0.05) is 48.5 Å². The summed E-state index contributed by atoms with van der Waals surface area (Å²) in [6.45, 7) is -1.61. The van der Waals surface area contributed by atoms with E-state index in [-0.39, 0.29) is 25.2 Å². The van der Waals surface area contributed by atoms with Gasteiger partial charge in [0, 0.05) is 30.8 Å². The van der Waals surface area contributed by atoms with Crippen LogP contribution in [0.2, 0.25) is 0 Å². The van der Waals surface area contributed by atoms with Gasteiger partial charge in [-0.25, -0.2) is 0 Å². The van der Waals surface area contributed by atoms with Crippen molar-refractivity contribution in [3.8, 4) is 0 Å². The molecule has 0 amide bonds. The Morgan fingerprint density at radius 3 is 1.55 bits per heavy atom. The fraction of sp³-hybridized carbons (Fsp3) is 0.233. The smallest absolute Gasteiger partial charge is 0.317 e. The van der Waals surface area contributed by atoms with Gasteiger partial charge >= 0.3 is 23.9 Å². The number of non-ortho nitro benzene ring substituents is 1. The van der Waals surface area contributed by atoms with Crippen molar-refractivity contribution in [1.29, 1.82) is 0 Å². The maximum atomic E-state index is 10.9. The summed E-state index contributed by atoms with van der Waals surface area (Å²) in [7, 11) is 0. The minimum Gasteiger partial charge on any atom is -0.480 e. The highest BCUT2D eigenvalue weighted by molar-refractivity contribution is 6.02. The summed E-state index contributed by atoms with van der Waals surface area (Å²) in [4.78, 5) is 55.1. The number of hydrogen-bond donors (Lipinski definition) is 5. The molecule has 0 radical (unpaired) electrons. The maximum absolute atomic E-state index is 10.9. The second-order valence-electron chi connectivity index (χ2n) is 9.99. The monoisotopic (exact) mass is 651 g/mol. The van der Waals surface area contributed by atoms with Gasteiger partial charge in [0.05, 0.1) is 42.5 Å². The van der Waals surface area contributed by atoms with Gasteiger partial charge in [-0.05, 0) is 30.7 Å². The normalized spacial score (nSPS) is 12.2. The van der Waals surface area contributed by atoms with E-state index in [0.717, 1.165) is 16.9 Å². The first-order valence-electron chi connectivity index (χ1n) is 14.0. The topological polar surface area (TPSA) is 230 Å². The molecule has 17 heteroatoms. The molecule has 1 heterocycles. The lowest BCUT2D eigenvalue weighted by atomic mass is 10.2. The molecule has 0 saturated carbocycles. The molecular weight excluding hydrogens is 618 g/mol. The molecule has 5 N–H and O–H groups in total. The first-order valence-corrected chi connectivity index (χ1v) is 14.0. The number of rotatable bonds is 16. The van der Waals surface area contributed by atoms with Crippen molar-refractivity contribution in [1.82, 2.24) is 15.2 Å². The fourth-order valence-corrected chi connectivity index (χ4v) is 4.36. The molecule has 0 bridgehead atoms. The average molecular weight is 652 g/mol. The number of carboxylic acid groups (broad SMARTS) is 4. The molecule has 0 atom stereocenters. The summed E-state index contributed by atoms with van der Waals surface area (Å²) in [5.74, 6) is -4.02. The van der Waals surface area contributed by atoms with Crippen LogP contribution in [-0.4, -0.2) is 104 Å². The van der Waals surface area contributed by atoms with Crippen LogP contribution in [0.1, 0.15) is 12.0 Å². The van der Waals surface area contributed by atoms with Crippen LogP contribution in [0.25, 0.3) is 0 Å². The molecule has 3 aromatic rings. The van der Waals surface area contributed by atoms with E-state index in [0.29, 0.717) is 5.84 Å². The Hall–Kier alpha value is -6.07. The molecule has 0 saturated heterocycles. The lowest BCUT2D eigenvalue weighted by Gasteiger charge is -2.27. The first-order chi connectivity index (χ1) is 22.4. The number of nitrogens with zero attached hydrogens (tertiary/aromatic N) is 6. The van der Waals surface area contributed by atoms with Crippen LogP contribution in [0.5, 0.6) is 0 Å². The van der Waals surface area contributed by atoms with Crippen LogP contribution in [-0.2, 0) is 19.2 Å². The van der Waals surface area contributed by atoms with Gasteiger partial charge in [0.25, 0.3) is 5.69 Å². The number of nitrogens with one attached hydrogen (secondary N) is 1. The number of aliphatic carboxylic acids is 4. The van der Waals surface area contributed by atoms with Crippen LogP contribution in [0.4, 0.5) is 17.1 Å². The summed E-state index contributed by atoms with van der Waals surface area (Å²) >= 11 is 0. The Morgan fingerprint density at radius 2 is 1.13 bits per heavy atom. The summed E-state index contributed by atoms with van der Waals surface area (Å²) in [5.41, 5.74) is 5.84. The third-order valence-corrected chi connectivity index (χ3v) is 6.32. The SMILES string of the molecule is O=C(O)CN(CCCN(CC(=O)O)CC(=O)O)CC(=O)O.O=[N+]([O-])c1ccc(N2NC(c3ccccc3)=NN2c2ccccc2)cc1. The number of benzene rings is 3. The van der Waals surface area contributed by atoms with E-state index in [2.05, 4.69) is 10.5 Å². The molecule has 0 unspecified atom stereocenters. The van der Waals surface area contributed by atoms with Crippen molar-refractivity contribution in [3.05, 3.63) is 101 Å². The lowest BCUT2D eigenvalue weighted by molar-refractivity contribution is -0.384. The zero-order chi connectivity index (χ0) is 34.3. The molecule has 1 aliphatic heterocycles. The molecule has 4 rings (SSSR count). The Morgan fingerprint density at radius 1 is 0.681 bits per heavy atom. The highest BCUT2D eigenvalue weighted by Crippen LogP contribution is 2.27. The number of para-hydroxylation sites is 1. The Labute approximate surface area is 268 Å². The number of carboxylic acids is 4. The number of nitro groups is 1. The third kappa shape index (κ3) is 11.7. The molecule has 0 spiro atoms. The van der Waals surface area contributed by atoms with Crippen molar-refractivity contribution in [2.45, 2.75) is 6.42 Å². The lowest BCUT2D eigenvalue weighted by Crippen LogP contribution is -2.44. The van der Waals surface area contributed by atoms with Gasteiger partial charge in [-0.15, -0.1) is 5.10 Å². The van der Waals surface area contributed by atoms with E-state index in [1.54, 1.807) is 22.4 Å². The highest BCUT2D eigenvalue weighted by atomic mass is 16.6. The number of carbonyl (C=O) groups is 4. The van der Waals surface area contributed by atoms with E-state index >= 15 is 0 Å². The first kappa shape index (κ1) is 35.4. The van der Waals surface area contributed by atoms with Gasteiger partial charge in [-0.2, -0.15) is 10.2 Å². The molecule has 3 aromatic carbocycles. The molecule has 17 nitrogen and oxygen atoms in total. The van der Waals surface area contributed by atoms with E-state index in [1.165, 1.54) is 21.9 Å². The largest absolute Gasteiger partial charge is 0.480 e. The van der Waals surface area contributed by atoms with E-state index < -0.39 is 55.0 Å². The molecule has 0 aliphatic carbocycles. The predicted molar refractivity (Wildman–Crippen MR) is 169 cm³/mol. The highest BCUT2D eigenvalue weighted by Gasteiger charge is 2.26. The summed E-state index contributed by atoms with van der Waals surface area (Å²) in [6, 6.07) is 25.8. The number of anilines is 2. The zero-order valence-corrected chi connectivity index (χ0v) is 25.0. The number of nitro benzene ring substituents is 1. The number of hydrogen-bond acceptors (Lipinski definition) is 12. The standard InChI is InChI=1S/C19H15N5O2.C11H18N2O8/c25-24(26)18-13-11-17(12-14-18)23-21-19(15-7-3-1-4-8-15)20-22(23)16-9-5-2-6-10-16;14-8(15)4-12(5-9(16)17)2-1-3-13(6-10(18)19)7-11(20)21/h1-14H,(H,20,21);1-7H2,(H,14,15)(H,16,17)(H,18,19)(H,20,21). The quantitative estimate of drug-likeness (QED) is 0.110. The summed E-state index contributed by atoms with van der Waals surface area (Å²) in [6.07, 6.45) is 0.251. The molecule has 0 fully saturated rings. The number of amidine groups is 1. The number of hydrazone groups is 1. The van der Waals surface area contributed by atoms with Gasteiger partial charge in [0.2, 0.25) is 0 Å². The molecule has 47 heavy (non-hydrogen) atoms. The Bertz CT molecular complexity index is 1490. The minimum atomic E-state index is -1.18. The third-order valence-electron chi connectivity index (χ3n) is 6.32. The minimum absolute atomic E-state index is 0.0448. The molecule has 0 aromatic heterocycles. The van der Waals surface area contributed by atoms with Crippen molar-refractivity contribution in [3.63, 3.8) is 0 Å². The van der Waals surface area contributed by atoms with Gasteiger partial charge in [-0.3, -0.25) is 44.5 Å². The van der Waals surface area contributed by atoms with Gasteiger partial charge < -0.3 is 20.4 Å². The Balaban J connectivity index is 0.000000263. The number of hydrazine groups is 2. The van der Waals surface area contributed by atoms with Crippen molar-refractivity contribution in [2.75, 3.05) is 49.5 Å². The summed E-state index contributed by atoms with van der Waals surface area (Å²) in [5, 5.41) is 53.6. The van der Waals surface area contributed by atoms with Crippen LogP contribution in [0.3, 0.4) is 0 Å².